The summed E-state index contributed by atoms with van der Waals surface area (Å²) in [7, 11) is 0. The number of hydrogen-bond acceptors (Lipinski definition) is 4. The summed E-state index contributed by atoms with van der Waals surface area (Å²) in [6.07, 6.45) is 1.68. The van der Waals surface area contributed by atoms with Gasteiger partial charge in [-0.05, 0) is 29.8 Å². The van der Waals surface area contributed by atoms with E-state index in [-0.39, 0.29) is 41.8 Å². The van der Waals surface area contributed by atoms with Gasteiger partial charge in [0.1, 0.15) is 11.6 Å². The number of rotatable bonds is 5. The van der Waals surface area contributed by atoms with Gasteiger partial charge in [0.15, 0.2) is 5.96 Å². The van der Waals surface area contributed by atoms with Crippen molar-refractivity contribution in [2.75, 3.05) is 38.2 Å². The first kappa shape index (κ1) is 20.5. The van der Waals surface area contributed by atoms with Crippen LogP contribution < -0.4 is 11.1 Å². The second-order valence-corrected chi connectivity index (χ2v) is 5.79. The number of hydrogen-bond donors (Lipinski definition) is 2. The molecule has 1 saturated heterocycles. The first-order valence-electron chi connectivity index (χ1n) is 8.27. The quantitative estimate of drug-likeness (QED) is 0.399. The number of morpholine rings is 1. The zero-order valence-electron chi connectivity index (χ0n) is 14.3. The summed E-state index contributed by atoms with van der Waals surface area (Å²) in [5.41, 5.74) is 6.86. The Morgan fingerprint density at radius 3 is 2.77 bits per heavy atom. The van der Waals surface area contributed by atoms with Crippen molar-refractivity contribution in [1.29, 1.82) is 0 Å². The number of nitrogens with two attached hydrogens (primary N) is 1. The first-order valence-corrected chi connectivity index (χ1v) is 8.27. The Balaban J connectivity index is 0.00000243. The minimum absolute atomic E-state index is 0. The summed E-state index contributed by atoms with van der Waals surface area (Å²) < 4.78 is 19.1. The highest BCUT2D eigenvalue weighted by Crippen LogP contribution is 2.23. The third kappa shape index (κ3) is 5.89. The number of halogens is 2. The number of aliphatic imine (C=N–C) groups is 1. The molecular formula is C18H23FIN5O. The summed E-state index contributed by atoms with van der Waals surface area (Å²) in [5, 5.41) is 2.96. The van der Waals surface area contributed by atoms with Crippen molar-refractivity contribution in [1.82, 2.24) is 9.88 Å². The SMILES string of the molecule is I.NC(=NCC(c1cccc(F)c1)N1CCOCC1)Nc1ccccn1. The molecule has 1 atom stereocenters. The zero-order chi connectivity index (χ0) is 17.5. The molecule has 8 heteroatoms. The molecule has 0 bridgehead atoms. The topological polar surface area (TPSA) is 75.8 Å². The van der Waals surface area contributed by atoms with Crippen LogP contribution in [-0.4, -0.2) is 48.7 Å². The van der Waals surface area contributed by atoms with Crippen LogP contribution >= 0.6 is 24.0 Å². The van der Waals surface area contributed by atoms with Crippen molar-refractivity contribution in [2.24, 2.45) is 10.7 Å². The number of aromatic nitrogens is 1. The summed E-state index contributed by atoms with van der Waals surface area (Å²) >= 11 is 0. The molecule has 0 amide bonds. The lowest BCUT2D eigenvalue weighted by Crippen LogP contribution is -2.40. The Hall–Kier alpha value is -1.78. The molecule has 3 rings (SSSR count). The third-order valence-electron chi connectivity index (χ3n) is 4.08. The van der Waals surface area contributed by atoms with Crippen LogP contribution in [0.5, 0.6) is 0 Å². The van der Waals surface area contributed by atoms with Gasteiger partial charge in [0, 0.05) is 19.3 Å². The maximum absolute atomic E-state index is 13.7. The standard InChI is InChI=1S/C18H22FN5O.HI/c19-15-5-3-4-14(12-15)16(24-8-10-25-11-9-24)13-22-18(20)23-17-6-1-2-7-21-17;/h1-7,12,16H,8-11,13H2,(H3,20,21,22,23);1H. The molecule has 6 nitrogen and oxygen atoms in total. The fourth-order valence-corrected chi connectivity index (χ4v) is 2.83. The normalized spacial score (nSPS) is 16.6. The Kier molecular flexibility index (Phi) is 8.20. The molecule has 0 spiro atoms. The van der Waals surface area contributed by atoms with Crippen LogP contribution in [0.2, 0.25) is 0 Å². The average molecular weight is 471 g/mol. The molecule has 1 unspecified atom stereocenters. The Morgan fingerprint density at radius 1 is 1.27 bits per heavy atom. The first-order chi connectivity index (χ1) is 12.2. The van der Waals surface area contributed by atoms with Gasteiger partial charge in [-0.2, -0.15) is 0 Å². The molecule has 0 saturated carbocycles. The maximum Gasteiger partial charge on any atom is 0.194 e. The van der Waals surface area contributed by atoms with Crippen LogP contribution in [-0.2, 0) is 4.74 Å². The highest BCUT2D eigenvalue weighted by atomic mass is 127. The van der Waals surface area contributed by atoms with E-state index in [1.54, 1.807) is 18.3 Å². The minimum Gasteiger partial charge on any atom is -0.379 e. The largest absolute Gasteiger partial charge is 0.379 e. The molecule has 1 fully saturated rings. The van der Waals surface area contributed by atoms with E-state index in [9.17, 15) is 4.39 Å². The lowest BCUT2D eigenvalue weighted by atomic mass is 10.0. The highest BCUT2D eigenvalue weighted by molar-refractivity contribution is 14.0. The van der Waals surface area contributed by atoms with Gasteiger partial charge < -0.3 is 15.8 Å². The second kappa shape index (κ2) is 10.4. The molecule has 3 N–H and O–H groups in total. The summed E-state index contributed by atoms with van der Waals surface area (Å²) in [4.78, 5) is 10.8. The van der Waals surface area contributed by atoms with Gasteiger partial charge in [0.05, 0.1) is 25.8 Å². The van der Waals surface area contributed by atoms with Gasteiger partial charge in [-0.25, -0.2) is 9.37 Å². The minimum atomic E-state index is -0.251. The predicted molar refractivity (Wildman–Crippen MR) is 111 cm³/mol. The smallest absolute Gasteiger partial charge is 0.194 e. The molecule has 0 aliphatic carbocycles. The summed E-state index contributed by atoms with van der Waals surface area (Å²) in [5.74, 6) is 0.671. The number of ether oxygens (including phenoxy) is 1. The van der Waals surface area contributed by atoms with Crippen LogP contribution in [0.25, 0.3) is 0 Å². The molecule has 2 aromatic rings. The molecule has 26 heavy (non-hydrogen) atoms. The van der Waals surface area contributed by atoms with Crippen molar-refractivity contribution < 1.29 is 9.13 Å². The van der Waals surface area contributed by atoms with E-state index in [0.717, 1.165) is 18.7 Å². The van der Waals surface area contributed by atoms with E-state index in [4.69, 9.17) is 10.5 Å². The number of benzene rings is 1. The van der Waals surface area contributed by atoms with Gasteiger partial charge >= 0.3 is 0 Å². The van der Waals surface area contributed by atoms with Crippen molar-refractivity contribution in [3.8, 4) is 0 Å². The number of pyridine rings is 1. The highest BCUT2D eigenvalue weighted by Gasteiger charge is 2.22. The molecule has 1 aliphatic rings. The van der Waals surface area contributed by atoms with E-state index < -0.39 is 0 Å². The third-order valence-corrected chi connectivity index (χ3v) is 4.08. The van der Waals surface area contributed by atoms with Crippen LogP contribution in [0.3, 0.4) is 0 Å². The number of nitrogens with zero attached hydrogens (tertiary/aromatic N) is 3. The van der Waals surface area contributed by atoms with E-state index in [0.29, 0.717) is 25.6 Å². The van der Waals surface area contributed by atoms with E-state index in [2.05, 4.69) is 20.2 Å². The van der Waals surface area contributed by atoms with Gasteiger partial charge in [0.25, 0.3) is 0 Å². The predicted octanol–water partition coefficient (Wildman–Crippen LogP) is 2.64. The molecule has 1 aromatic heterocycles. The zero-order valence-corrected chi connectivity index (χ0v) is 16.7. The van der Waals surface area contributed by atoms with Crippen molar-refractivity contribution in [3.63, 3.8) is 0 Å². The number of nitrogens with one attached hydrogen (secondary N) is 1. The Morgan fingerprint density at radius 2 is 2.08 bits per heavy atom. The van der Waals surface area contributed by atoms with Crippen LogP contribution in [0, 0.1) is 5.82 Å². The molecule has 1 aliphatic heterocycles. The van der Waals surface area contributed by atoms with Crippen molar-refractivity contribution in [2.45, 2.75) is 6.04 Å². The molecule has 0 radical (unpaired) electrons. The van der Waals surface area contributed by atoms with E-state index >= 15 is 0 Å². The molecule has 1 aromatic carbocycles. The van der Waals surface area contributed by atoms with Gasteiger partial charge in [-0.1, -0.05) is 18.2 Å². The van der Waals surface area contributed by atoms with E-state index in [1.165, 1.54) is 6.07 Å². The fourth-order valence-electron chi connectivity index (χ4n) is 2.83. The van der Waals surface area contributed by atoms with Crippen molar-refractivity contribution in [3.05, 3.63) is 60.0 Å². The molecular weight excluding hydrogens is 448 g/mol. The van der Waals surface area contributed by atoms with E-state index in [1.807, 2.05) is 24.3 Å². The van der Waals surface area contributed by atoms with Crippen LogP contribution in [0.4, 0.5) is 10.2 Å². The fraction of sp³-hybridized carbons (Fsp3) is 0.333. The number of anilines is 1. The summed E-state index contributed by atoms with van der Waals surface area (Å²) in [6, 6.07) is 12.1. The Labute approximate surface area is 169 Å². The average Bonchev–Trinajstić information content (AvgIpc) is 2.64. The second-order valence-electron chi connectivity index (χ2n) is 5.79. The number of guanidine groups is 1. The monoisotopic (exact) mass is 471 g/mol. The van der Waals surface area contributed by atoms with Crippen LogP contribution in [0.15, 0.2) is 53.7 Å². The van der Waals surface area contributed by atoms with Crippen LogP contribution in [0.1, 0.15) is 11.6 Å². The Bertz CT molecular complexity index is 710. The van der Waals surface area contributed by atoms with Gasteiger partial charge in [0.2, 0.25) is 0 Å². The summed E-state index contributed by atoms with van der Waals surface area (Å²) in [6.45, 7) is 3.32. The van der Waals surface area contributed by atoms with Gasteiger partial charge in [-0.3, -0.25) is 9.89 Å². The maximum atomic E-state index is 13.7. The van der Waals surface area contributed by atoms with Crippen molar-refractivity contribution >= 4 is 35.8 Å². The molecule has 2 heterocycles. The lowest BCUT2D eigenvalue weighted by Gasteiger charge is -2.34. The molecule has 140 valence electrons. The lowest BCUT2D eigenvalue weighted by molar-refractivity contribution is 0.0179. The van der Waals surface area contributed by atoms with Gasteiger partial charge in [-0.15, -0.1) is 24.0 Å².